The molecule has 1 fully saturated rings. The Balaban J connectivity index is 1.81. The first-order chi connectivity index (χ1) is 13.0. The standard InChI is InChI=1S/C20H18O7/c1-24-19(22)16-8-6-14(26-16)10-12-4-3-5-13(18(12)21)11-15-7-9-17(27-15)20(23)25-2/h6-11H,3-5H2,1-2H3/b12-10-,13-11+. The molecule has 2 aromatic heterocycles. The minimum Gasteiger partial charge on any atom is -0.463 e. The quantitative estimate of drug-likeness (QED) is 0.598. The van der Waals surface area contributed by atoms with Gasteiger partial charge in [0.1, 0.15) is 11.5 Å². The van der Waals surface area contributed by atoms with Crippen LogP contribution in [-0.4, -0.2) is 31.9 Å². The summed E-state index contributed by atoms with van der Waals surface area (Å²) in [5, 5.41) is 0. The second-order valence-electron chi connectivity index (χ2n) is 5.91. The van der Waals surface area contributed by atoms with Gasteiger partial charge in [-0.3, -0.25) is 4.79 Å². The fourth-order valence-electron chi connectivity index (χ4n) is 2.80. The van der Waals surface area contributed by atoms with Crippen LogP contribution >= 0.6 is 0 Å². The third-order valence-corrected chi connectivity index (χ3v) is 4.14. The molecule has 0 unspecified atom stereocenters. The summed E-state index contributed by atoms with van der Waals surface area (Å²) >= 11 is 0. The molecule has 0 bridgehead atoms. The van der Waals surface area contributed by atoms with E-state index in [2.05, 4.69) is 9.47 Å². The smallest absolute Gasteiger partial charge is 0.373 e. The van der Waals surface area contributed by atoms with Crippen molar-refractivity contribution in [2.24, 2.45) is 0 Å². The van der Waals surface area contributed by atoms with E-state index in [1.54, 1.807) is 24.3 Å². The summed E-state index contributed by atoms with van der Waals surface area (Å²) in [6, 6.07) is 6.22. The number of carbonyl (C=O) groups is 3. The largest absolute Gasteiger partial charge is 0.463 e. The van der Waals surface area contributed by atoms with Crippen LogP contribution in [0.25, 0.3) is 12.2 Å². The minimum absolute atomic E-state index is 0.0781. The first-order valence-electron chi connectivity index (χ1n) is 8.34. The number of methoxy groups -OCH3 is 2. The molecule has 1 aliphatic carbocycles. The van der Waals surface area contributed by atoms with Crippen LogP contribution in [-0.2, 0) is 14.3 Å². The van der Waals surface area contributed by atoms with Crippen molar-refractivity contribution in [2.75, 3.05) is 14.2 Å². The summed E-state index contributed by atoms with van der Waals surface area (Å²) in [4.78, 5) is 35.6. The lowest BCUT2D eigenvalue weighted by Gasteiger charge is -2.15. The fraction of sp³-hybridized carbons (Fsp3) is 0.250. The lowest BCUT2D eigenvalue weighted by atomic mass is 9.88. The number of furan rings is 2. The summed E-state index contributed by atoms with van der Waals surface area (Å²) in [6.45, 7) is 0. The molecule has 0 aromatic carbocycles. The number of allylic oxidation sites excluding steroid dienone is 2. The molecular weight excluding hydrogens is 352 g/mol. The van der Waals surface area contributed by atoms with E-state index in [1.165, 1.54) is 26.4 Å². The van der Waals surface area contributed by atoms with Crippen LogP contribution in [0, 0.1) is 0 Å². The average molecular weight is 370 g/mol. The van der Waals surface area contributed by atoms with Gasteiger partial charge in [-0.1, -0.05) is 0 Å². The first kappa shape index (κ1) is 18.4. The third kappa shape index (κ3) is 4.08. The Morgan fingerprint density at radius 1 is 0.852 bits per heavy atom. The van der Waals surface area contributed by atoms with Crippen LogP contribution in [0.4, 0.5) is 0 Å². The van der Waals surface area contributed by atoms with Crippen LogP contribution in [0.15, 0.2) is 44.2 Å². The zero-order valence-electron chi connectivity index (χ0n) is 14.9. The summed E-state index contributed by atoms with van der Waals surface area (Å²) in [7, 11) is 2.54. The number of esters is 2. The zero-order valence-corrected chi connectivity index (χ0v) is 14.9. The molecule has 0 amide bonds. The van der Waals surface area contributed by atoms with Gasteiger partial charge in [0.15, 0.2) is 5.78 Å². The Morgan fingerprint density at radius 2 is 1.30 bits per heavy atom. The van der Waals surface area contributed by atoms with Crippen LogP contribution < -0.4 is 0 Å². The highest BCUT2D eigenvalue weighted by molar-refractivity contribution is 6.13. The maximum absolute atomic E-state index is 12.7. The number of Topliss-reactive ketones (excluding diaryl/α,β-unsaturated/α-hetero) is 1. The Hall–Kier alpha value is -3.35. The van der Waals surface area contributed by atoms with Crippen LogP contribution in [0.3, 0.4) is 0 Å². The van der Waals surface area contributed by atoms with Gasteiger partial charge in [-0.2, -0.15) is 0 Å². The van der Waals surface area contributed by atoms with E-state index in [0.29, 0.717) is 35.5 Å². The topological polar surface area (TPSA) is 96.0 Å². The number of carbonyl (C=O) groups excluding carboxylic acids is 3. The number of rotatable bonds is 4. The van der Waals surface area contributed by atoms with Gasteiger partial charge >= 0.3 is 11.9 Å². The van der Waals surface area contributed by atoms with Crippen molar-refractivity contribution >= 4 is 29.9 Å². The normalized spacial score (nSPS) is 17.3. The van der Waals surface area contributed by atoms with E-state index in [1.807, 2.05) is 0 Å². The van der Waals surface area contributed by atoms with E-state index >= 15 is 0 Å². The van der Waals surface area contributed by atoms with E-state index in [0.717, 1.165) is 6.42 Å². The lowest BCUT2D eigenvalue weighted by Crippen LogP contribution is -2.12. The van der Waals surface area contributed by atoms with Crippen LogP contribution in [0.2, 0.25) is 0 Å². The molecule has 0 atom stereocenters. The van der Waals surface area contributed by atoms with Crippen molar-refractivity contribution in [1.29, 1.82) is 0 Å². The Labute approximate surface area is 155 Å². The molecule has 3 rings (SSSR count). The van der Waals surface area contributed by atoms with Gasteiger partial charge in [0.25, 0.3) is 0 Å². The molecule has 27 heavy (non-hydrogen) atoms. The van der Waals surface area contributed by atoms with E-state index < -0.39 is 11.9 Å². The van der Waals surface area contributed by atoms with Gasteiger partial charge in [-0.15, -0.1) is 0 Å². The van der Waals surface area contributed by atoms with E-state index in [-0.39, 0.29) is 17.3 Å². The molecule has 2 heterocycles. The molecule has 0 radical (unpaired) electrons. The first-order valence-corrected chi connectivity index (χ1v) is 8.34. The van der Waals surface area contributed by atoms with Gasteiger partial charge in [0.05, 0.1) is 14.2 Å². The Bertz CT molecular complexity index is 865. The molecular formula is C20H18O7. The maximum Gasteiger partial charge on any atom is 0.373 e. The van der Waals surface area contributed by atoms with Gasteiger partial charge < -0.3 is 18.3 Å². The molecule has 0 N–H and O–H groups in total. The minimum atomic E-state index is -0.575. The summed E-state index contributed by atoms with van der Waals surface area (Å²) in [5.74, 6) is -0.294. The summed E-state index contributed by atoms with van der Waals surface area (Å²) in [6.07, 6.45) is 5.26. The van der Waals surface area contributed by atoms with Gasteiger partial charge in [-0.25, -0.2) is 9.59 Å². The van der Waals surface area contributed by atoms with Crippen LogP contribution in [0.5, 0.6) is 0 Å². The van der Waals surface area contributed by atoms with E-state index in [9.17, 15) is 14.4 Å². The highest BCUT2D eigenvalue weighted by Crippen LogP contribution is 2.29. The van der Waals surface area contributed by atoms with Crippen molar-refractivity contribution in [2.45, 2.75) is 19.3 Å². The molecule has 1 aliphatic rings. The zero-order chi connectivity index (χ0) is 19.4. The van der Waals surface area contributed by atoms with E-state index in [4.69, 9.17) is 8.83 Å². The van der Waals surface area contributed by atoms with Gasteiger partial charge in [0.2, 0.25) is 11.5 Å². The monoisotopic (exact) mass is 370 g/mol. The van der Waals surface area contributed by atoms with Crippen LogP contribution in [0.1, 0.15) is 51.9 Å². The summed E-state index contributed by atoms with van der Waals surface area (Å²) < 4.78 is 20.0. The maximum atomic E-state index is 12.7. The van der Waals surface area contributed by atoms with Crippen molar-refractivity contribution < 1.29 is 32.7 Å². The number of hydrogen-bond acceptors (Lipinski definition) is 7. The van der Waals surface area contributed by atoms with Crippen molar-refractivity contribution in [3.8, 4) is 0 Å². The predicted molar refractivity (Wildman–Crippen MR) is 94.9 cm³/mol. The predicted octanol–water partition coefficient (Wildman–Crippen LogP) is 3.67. The molecule has 7 heteroatoms. The molecule has 7 nitrogen and oxygen atoms in total. The second-order valence-corrected chi connectivity index (χ2v) is 5.91. The number of ketones is 1. The Kier molecular flexibility index (Phi) is 5.40. The average Bonchev–Trinajstić information content (AvgIpc) is 3.33. The lowest BCUT2D eigenvalue weighted by molar-refractivity contribution is -0.112. The van der Waals surface area contributed by atoms with Crippen molar-refractivity contribution in [3.63, 3.8) is 0 Å². The third-order valence-electron chi connectivity index (χ3n) is 4.14. The van der Waals surface area contributed by atoms with Crippen molar-refractivity contribution in [3.05, 3.63) is 58.5 Å². The highest BCUT2D eigenvalue weighted by Gasteiger charge is 2.22. The highest BCUT2D eigenvalue weighted by atomic mass is 16.5. The van der Waals surface area contributed by atoms with Gasteiger partial charge in [0, 0.05) is 11.1 Å². The molecule has 0 aliphatic heterocycles. The summed E-state index contributed by atoms with van der Waals surface area (Å²) in [5.41, 5.74) is 1.16. The Morgan fingerprint density at radius 3 is 1.70 bits per heavy atom. The second kappa shape index (κ2) is 7.90. The fourth-order valence-corrected chi connectivity index (χ4v) is 2.80. The molecule has 0 spiro atoms. The van der Waals surface area contributed by atoms with Gasteiger partial charge in [-0.05, 0) is 55.7 Å². The SMILES string of the molecule is COC(=O)c1ccc(/C=C2/CCC/C(=C\c3ccc(C(=O)OC)o3)C2=O)o1. The molecule has 2 aromatic rings. The number of hydrogen-bond donors (Lipinski definition) is 0. The number of ether oxygens (including phenoxy) is 2. The molecule has 140 valence electrons. The van der Waals surface area contributed by atoms with Crippen molar-refractivity contribution in [1.82, 2.24) is 0 Å². The molecule has 0 saturated heterocycles. The molecule has 1 saturated carbocycles.